The minimum absolute atomic E-state index is 0. The minimum atomic E-state index is -3.68. The van der Waals surface area contributed by atoms with Crippen molar-refractivity contribution in [1.29, 1.82) is 0 Å². The summed E-state index contributed by atoms with van der Waals surface area (Å²) in [6, 6.07) is 16.5. The first-order valence-corrected chi connectivity index (χ1v) is 10.6. The summed E-state index contributed by atoms with van der Waals surface area (Å²) in [7, 11) is -1.98. The second-order valence-corrected chi connectivity index (χ2v) is 8.00. The number of nitrogens with two attached hydrogens (primary N) is 1. The molecular weight excluding hydrogens is 515 g/mol. The summed E-state index contributed by atoms with van der Waals surface area (Å²) in [5, 5.41) is 15.9. The van der Waals surface area contributed by atoms with Crippen molar-refractivity contribution < 1.29 is 8.42 Å². The summed E-state index contributed by atoms with van der Waals surface area (Å²) in [5.41, 5.74) is 3.25. The zero-order valence-electron chi connectivity index (χ0n) is 16.5. The molecule has 10 heteroatoms. The average Bonchev–Trinajstić information content (AvgIpc) is 3.22. The van der Waals surface area contributed by atoms with Gasteiger partial charge in [0.2, 0.25) is 10.0 Å². The smallest absolute Gasteiger partial charge is 0.238 e. The normalized spacial score (nSPS) is 11.6. The van der Waals surface area contributed by atoms with E-state index >= 15 is 0 Å². The van der Waals surface area contributed by atoms with Gasteiger partial charge in [-0.15, -0.1) is 24.0 Å². The molecule has 0 fully saturated rings. The van der Waals surface area contributed by atoms with E-state index in [9.17, 15) is 8.42 Å². The molecule has 0 bridgehead atoms. The average molecular weight is 540 g/mol. The van der Waals surface area contributed by atoms with Crippen molar-refractivity contribution >= 4 is 40.0 Å². The van der Waals surface area contributed by atoms with E-state index in [0.29, 0.717) is 25.6 Å². The number of nitrogens with one attached hydrogen (secondary N) is 2. The van der Waals surface area contributed by atoms with Crippen molar-refractivity contribution in [3.8, 4) is 0 Å². The number of rotatable bonds is 7. The summed E-state index contributed by atoms with van der Waals surface area (Å²) in [6.45, 7) is 1.81. The monoisotopic (exact) mass is 540 g/mol. The Morgan fingerprint density at radius 1 is 1.03 bits per heavy atom. The largest absolute Gasteiger partial charge is 0.352 e. The van der Waals surface area contributed by atoms with Crippen LogP contribution in [0.3, 0.4) is 0 Å². The first kappa shape index (κ1) is 23.8. The Balaban J connectivity index is 0.00000320. The topological polar surface area (TPSA) is 114 Å². The van der Waals surface area contributed by atoms with Gasteiger partial charge in [0, 0.05) is 32.5 Å². The highest BCUT2D eigenvalue weighted by atomic mass is 127. The highest BCUT2D eigenvalue weighted by Crippen LogP contribution is 2.11. The van der Waals surface area contributed by atoms with Crippen molar-refractivity contribution in [3.63, 3.8) is 0 Å². The standard InChI is InChI=1S/C20H24N6O2S.HI/c1-22-20(23-13-16-7-9-19(10-8-16)29(21,27)28)24-14-17-5-2-3-6-18(17)15-26-12-4-11-25-26;/h2-12H,13-15H2,1H3,(H2,21,27,28)(H2,22,23,24);1H. The second kappa shape index (κ2) is 11.1. The Morgan fingerprint density at radius 2 is 1.70 bits per heavy atom. The highest BCUT2D eigenvalue weighted by Gasteiger charge is 2.08. The van der Waals surface area contributed by atoms with Gasteiger partial charge in [-0.1, -0.05) is 36.4 Å². The quantitative estimate of drug-likeness (QED) is 0.241. The fourth-order valence-corrected chi connectivity index (χ4v) is 3.35. The number of benzene rings is 2. The number of aromatic nitrogens is 2. The maximum Gasteiger partial charge on any atom is 0.238 e. The third-order valence-electron chi connectivity index (χ3n) is 4.39. The molecule has 2 aromatic carbocycles. The summed E-state index contributed by atoms with van der Waals surface area (Å²) >= 11 is 0. The van der Waals surface area contributed by atoms with Gasteiger partial charge < -0.3 is 10.6 Å². The molecule has 0 aliphatic heterocycles. The minimum Gasteiger partial charge on any atom is -0.352 e. The summed E-state index contributed by atoms with van der Waals surface area (Å²) in [6.07, 6.45) is 3.70. The third kappa shape index (κ3) is 6.82. The first-order chi connectivity index (χ1) is 14.0. The van der Waals surface area contributed by atoms with Crippen LogP contribution in [0.1, 0.15) is 16.7 Å². The van der Waals surface area contributed by atoms with Crippen molar-refractivity contribution in [2.24, 2.45) is 10.1 Å². The fraction of sp³-hybridized carbons (Fsp3) is 0.200. The van der Waals surface area contributed by atoms with Crippen LogP contribution in [0.2, 0.25) is 0 Å². The van der Waals surface area contributed by atoms with Gasteiger partial charge in [0.05, 0.1) is 11.4 Å². The van der Waals surface area contributed by atoms with E-state index < -0.39 is 10.0 Å². The number of hydrogen-bond donors (Lipinski definition) is 3. The number of hydrogen-bond acceptors (Lipinski definition) is 4. The van der Waals surface area contributed by atoms with Gasteiger partial charge in [-0.25, -0.2) is 13.6 Å². The van der Waals surface area contributed by atoms with E-state index in [2.05, 4.69) is 32.9 Å². The summed E-state index contributed by atoms with van der Waals surface area (Å²) in [4.78, 5) is 4.34. The van der Waals surface area contributed by atoms with E-state index in [0.717, 1.165) is 11.1 Å². The molecule has 0 radical (unpaired) electrons. The van der Waals surface area contributed by atoms with Crippen LogP contribution in [0.15, 0.2) is 76.9 Å². The molecule has 3 aromatic rings. The first-order valence-electron chi connectivity index (χ1n) is 9.06. The van der Waals surface area contributed by atoms with E-state index in [1.807, 2.05) is 29.1 Å². The Hall–Kier alpha value is -2.44. The molecule has 160 valence electrons. The molecule has 0 amide bonds. The van der Waals surface area contributed by atoms with Gasteiger partial charge in [0.1, 0.15) is 0 Å². The SMILES string of the molecule is CN=C(NCc1ccc(S(N)(=O)=O)cc1)NCc1ccccc1Cn1cccn1.I. The van der Waals surface area contributed by atoms with E-state index in [1.54, 1.807) is 25.4 Å². The maximum atomic E-state index is 11.3. The fourth-order valence-electron chi connectivity index (χ4n) is 2.84. The van der Waals surface area contributed by atoms with Crippen LogP contribution in [0, 0.1) is 0 Å². The lowest BCUT2D eigenvalue weighted by molar-refractivity contribution is 0.597. The Labute approximate surface area is 193 Å². The highest BCUT2D eigenvalue weighted by molar-refractivity contribution is 14.0. The Bertz CT molecular complexity index is 1070. The molecule has 4 N–H and O–H groups in total. The van der Waals surface area contributed by atoms with Gasteiger partial charge in [-0.3, -0.25) is 9.67 Å². The number of nitrogens with zero attached hydrogens (tertiary/aromatic N) is 3. The van der Waals surface area contributed by atoms with Gasteiger partial charge >= 0.3 is 0 Å². The number of aliphatic imine (C=N–C) groups is 1. The van der Waals surface area contributed by atoms with E-state index in [1.165, 1.54) is 17.7 Å². The zero-order chi connectivity index (χ0) is 20.7. The molecule has 0 aliphatic carbocycles. The van der Waals surface area contributed by atoms with Gasteiger partial charge in [-0.05, 0) is 34.9 Å². The van der Waals surface area contributed by atoms with E-state index in [-0.39, 0.29) is 28.9 Å². The van der Waals surface area contributed by atoms with Gasteiger partial charge in [0.25, 0.3) is 0 Å². The van der Waals surface area contributed by atoms with Crippen LogP contribution in [0.4, 0.5) is 0 Å². The lowest BCUT2D eigenvalue weighted by atomic mass is 10.1. The molecule has 1 heterocycles. The van der Waals surface area contributed by atoms with Gasteiger partial charge in [0.15, 0.2) is 5.96 Å². The molecule has 0 atom stereocenters. The van der Waals surface area contributed by atoms with Crippen LogP contribution in [-0.4, -0.2) is 31.2 Å². The summed E-state index contributed by atoms with van der Waals surface area (Å²) < 4.78 is 24.5. The molecule has 3 rings (SSSR count). The van der Waals surface area contributed by atoms with Crippen LogP contribution >= 0.6 is 24.0 Å². The van der Waals surface area contributed by atoms with Crippen LogP contribution in [0.25, 0.3) is 0 Å². The molecule has 1 aromatic heterocycles. The molecule has 0 saturated carbocycles. The molecule has 0 spiro atoms. The third-order valence-corrected chi connectivity index (χ3v) is 5.32. The van der Waals surface area contributed by atoms with E-state index in [4.69, 9.17) is 5.14 Å². The molecule has 0 unspecified atom stereocenters. The molecule has 8 nitrogen and oxygen atoms in total. The lowest BCUT2D eigenvalue weighted by Gasteiger charge is -2.14. The molecule has 0 saturated heterocycles. The second-order valence-electron chi connectivity index (χ2n) is 6.44. The van der Waals surface area contributed by atoms with Crippen molar-refractivity contribution in [1.82, 2.24) is 20.4 Å². The van der Waals surface area contributed by atoms with Crippen LogP contribution < -0.4 is 15.8 Å². The number of guanidine groups is 1. The lowest BCUT2D eigenvalue weighted by Crippen LogP contribution is -2.36. The maximum absolute atomic E-state index is 11.3. The predicted octanol–water partition coefficient (Wildman–Crippen LogP) is 2.06. The Morgan fingerprint density at radius 3 is 2.30 bits per heavy atom. The number of sulfonamides is 1. The Kier molecular flexibility index (Phi) is 8.81. The molecule has 30 heavy (non-hydrogen) atoms. The zero-order valence-corrected chi connectivity index (χ0v) is 19.7. The van der Waals surface area contributed by atoms with Crippen molar-refractivity contribution in [2.45, 2.75) is 24.5 Å². The van der Waals surface area contributed by atoms with Crippen LogP contribution in [-0.2, 0) is 29.7 Å². The number of halogens is 1. The van der Waals surface area contributed by atoms with Crippen molar-refractivity contribution in [3.05, 3.63) is 83.7 Å². The molecular formula is C20H25IN6O2S. The van der Waals surface area contributed by atoms with Crippen molar-refractivity contribution in [2.75, 3.05) is 7.05 Å². The molecule has 0 aliphatic rings. The number of primary sulfonamides is 1. The summed E-state index contributed by atoms with van der Waals surface area (Å²) in [5.74, 6) is 0.648. The predicted molar refractivity (Wildman–Crippen MR) is 128 cm³/mol. The van der Waals surface area contributed by atoms with Gasteiger partial charge in [-0.2, -0.15) is 5.10 Å². The van der Waals surface area contributed by atoms with Crippen LogP contribution in [0.5, 0.6) is 0 Å².